The first-order valence-corrected chi connectivity index (χ1v) is 5.88. The Balaban J connectivity index is 1.97. The lowest BCUT2D eigenvalue weighted by Crippen LogP contribution is -2.23. The van der Waals surface area contributed by atoms with Crippen molar-refractivity contribution in [2.24, 2.45) is 5.92 Å². The summed E-state index contributed by atoms with van der Waals surface area (Å²) >= 11 is 0. The second-order valence-electron chi connectivity index (χ2n) is 4.33. The zero-order valence-electron chi connectivity index (χ0n) is 9.96. The molecule has 7 nitrogen and oxygen atoms in total. The van der Waals surface area contributed by atoms with Gasteiger partial charge in [-0.25, -0.2) is 4.98 Å². The Hall–Kier alpha value is -1.89. The van der Waals surface area contributed by atoms with Gasteiger partial charge in [0, 0.05) is 19.8 Å². The van der Waals surface area contributed by atoms with Crippen LogP contribution in [0.5, 0.6) is 0 Å². The fourth-order valence-electron chi connectivity index (χ4n) is 1.93. The van der Waals surface area contributed by atoms with E-state index in [9.17, 15) is 10.1 Å². The van der Waals surface area contributed by atoms with Gasteiger partial charge in [0.15, 0.2) is 0 Å². The number of anilines is 2. The zero-order chi connectivity index (χ0) is 13.0. The van der Waals surface area contributed by atoms with Gasteiger partial charge in [-0.2, -0.15) is 0 Å². The summed E-state index contributed by atoms with van der Waals surface area (Å²) in [6.07, 6.45) is 1.99. The highest BCUT2D eigenvalue weighted by Crippen LogP contribution is 2.20. The first-order chi connectivity index (χ1) is 8.65. The van der Waals surface area contributed by atoms with Crippen molar-refractivity contribution >= 4 is 17.3 Å². The molecule has 0 amide bonds. The van der Waals surface area contributed by atoms with Gasteiger partial charge in [-0.15, -0.1) is 0 Å². The number of nitrogens with zero attached hydrogens (tertiary/aromatic N) is 2. The molecule has 0 atom stereocenters. The van der Waals surface area contributed by atoms with E-state index in [1.807, 2.05) is 0 Å². The van der Waals surface area contributed by atoms with E-state index in [-0.39, 0.29) is 11.5 Å². The van der Waals surface area contributed by atoms with Crippen molar-refractivity contribution in [2.75, 3.05) is 30.8 Å². The topological polar surface area (TPSA) is 103 Å². The average Bonchev–Trinajstić information content (AvgIpc) is 2.37. The summed E-state index contributed by atoms with van der Waals surface area (Å²) in [6, 6.07) is 2.65. The van der Waals surface area contributed by atoms with E-state index in [1.165, 1.54) is 12.1 Å². The molecule has 1 aromatic heterocycles. The monoisotopic (exact) mass is 252 g/mol. The number of hydrogen-bond acceptors (Lipinski definition) is 6. The second-order valence-corrected chi connectivity index (χ2v) is 4.33. The van der Waals surface area contributed by atoms with Crippen molar-refractivity contribution in [2.45, 2.75) is 12.8 Å². The lowest BCUT2D eigenvalue weighted by Gasteiger charge is -2.22. The molecule has 98 valence electrons. The van der Waals surface area contributed by atoms with Crippen molar-refractivity contribution in [3.63, 3.8) is 0 Å². The van der Waals surface area contributed by atoms with Gasteiger partial charge < -0.3 is 15.8 Å². The van der Waals surface area contributed by atoms with Gasteiger partial charge in [-0.1, -0.05) is 0 Å². The number of nitro groups is 1. The van der Waals surface area contributed by atoms with Crippen molar-refractivity contribution in [1.29, 1.82) is 0 Å². The number of rotatable bonds is 4. The molecule has 7 heteroatoms. The van der Waals surface area contributed by atoms with Crippen LogP contribution in [-0.2, 0) is 4.74 Å². The zero-order valence-corrected chi connectivity index (χ0v) is 9.96. The first kappa shape index (κ1) is 12.6. The predicted octanol–water partition coefficient (Wildman–Crippen LogP) is 1.41. The number of nitrogen functional groups attached to an aromatic ring is 1. The highest BCUT2D eigenvalue weighted by Gasteiger charge is 2.15. The number of pyridine rings is 1. The van der Waals surface area contributed by atoms with Crippen LogP contribution in [0.25, 0.3) is 0 Å². The van der Waals surface area contributed by atoms with Crippen LogP contribution in [0.4, 0.5) is 17.3 Å². The third-order valence-corrected chi connectivity index (χ3v) is 2.95. The highest BCUT2D eigenvalue weighted by atomic mass is 16.6. The third kappa shape index (κ3) is 3.30. The van der Waals surface area contributed by atoms with Gasteiger partial charge in [0.1, 0.15) is 11.6 Å². The third-order valence-electron chi connectivity index (χ3n) is 2.95. The maximum Gasteiger partial charge on any atom is 0.276 e. The van der Waals surface area contributed by atoms with Crippen molar-refractivity contribution < 1.29 is 9.66 Å². The smallest absolute Gasteiger partial charge is 0.276 e. The molecule has 1 aliphatic heterocycles. The fraction of sp³-hybridized carbons (Fsp3) is 0.545. The SMILES string of the molecule is Nc1cc([N+](=O)[O-])cc(NCC2CCOCC2)n1. The molecule has 0 aromatic carbocycles. The molecule has 0 spiro atoms. The molecule has 2 rings (SSSR count). The molecule has 1 fully saturated rings. The number of hydrogen-bond donors (Lipinski definition) is 2. The molecule has 2 heterocycles. The van der Waals surface area contributed by atoms with Crippen LogP contribution in [-0.4, -0.2) is 29.7 Å². The summed E-state index contributed by atoms with van der Waals surface area (Å²) in [5.41, 5.74) is 5.49. The molecule has 0 aliphatic carbocycles. The molecule has 18 heavy (non-hydrogen) atoms. The number of nitrogens with two attached hydrogens (primary N) is 1. The largest absolute Gasteiger partial charge is 0.383 e. The van der Waals surface area contributed by atoms with Crippen LogP contribution >= 0.6 is 0 Å². The summed E-state index contributed by atoms with van der Waals surface area (Å²) in [4.78, 5) is 14.2. The average molecular weight is 252 g/mol. The van der Waals surface area contributed by atoms with E-state index in [1.54, 1.807) is 0 Å². The molecular formula is C11H16N4O3. The van der Waals surface area contributed by atoms with Crippen LogP contribution in [0.3, 0.4) is 0 Å². The Morgan fingerprint density at radius 2 is 2.22 bits per heavy atom. The first-order valence-electron chi connectivity index (χ1n) is 5.88. The highest BCUT2D eigenvalue weighted by molar-refractivity contribution is 5.52. The molecule has 0 saturated carbocycles. The number of aromatic nitrogens is 1. The molecule has 1 saturated heterocycles. The van der Waals surface area contributed by atoms with Gasteiger partial charge in [0.25, 0.3) is 5.69 Å². The van der Waals surface area contributed by atoms with Crippen LogP contribution < -0.4 is 11.1 Å². The van der Waals surface area contributed by atoms with Gasteiger partial charge in [-0.05, 0) is 18.8 Å². The predicted molar refractivity (Wildman–Crippen MR) is 67.3 cm³/mol. The fourth-order valence-corrected chi connectivity index (χ4v) is 1.93. The molecule has 0 bridgehead atoms. The van der Waals surface area contributed by atoms with Crippen molar-refractivity contribution in [3.05, 3.63) is 22.2 Å². The Morgan fingerprint density at radius 3 is 2.89 bits per heavy atom. The Labute approximate surface area is 104 Å². The molecule has 3 N–H and O–H groups in total. The van der Waals surface area contributed by atoms with E-state index < -0.39 is 4.92 Å². The minimum Gasteiger partial charge on any atom is -0.383 e. The van der Waals surface area contributed by atoms with Crippen LogP contribution in [0.2, 0.25) is 0 Å². The summed E-state index contributed by atoms with van der Waals surface area (Å²) in [5, 5.41) is 13.8. The van der Waals surface area contributed by atoms with E-state index in [4.69, 9.17) is 10.5 Å². The Kier molecular flexibility index (Phi) is 3.93. The van der Waals surface area contributed by atoms with E-state index in [2.05, 4.69) is 10.3 Å². The summed E-state index contributed by atoms with van der Waals surface area (Å²) in [7, 11) is 0. The van der Waals surface area contributed by atoms with Crippen molar-refractivity contribution in [1.82, 2.24) is 4.98 Å². The van der Waals surface area contributed by atoms with Crippen LogP contribution in [0, 0.1) is 16.0 Å². The molecule has 0 unspecified atom stereocenters. The van der Waals surface area contributed by atoms with Gasteiger partial charge >= 0.3 is 0 Å². The number of ether oxygens (including phenoxy) is 1. The molecule has 1 aliphatic rings. The van der Waals surface area contributed by atoms with E-state index in [0.29, 0.717) is 11.7 Å². The van der Waals surface area contributed by atoms with Gasteiger partial charge in [0.2, 0.25) is 0 Å². The molecule has 0 radical (unpaired) electrons. The van der Waals surface area contributed by atoms with Crippen molar-refractivity contribution in [3.8, 4) is 0 Å². The summed E-state index contributed by atoms with van der Waals surface area (Å²) < 4.78 is 5.27. The summed E-state index contributed by atoms with van der Waals surface area (Å²) in [5.74, 6) is 1.12. The summed E-state index contributed by atoms with van der Waals surface area (Å²) in [6.45, 7) is 2.28. The standard InChI is InChI=1S/C11H16N4O3/c12-10-5-9(15(16)17)6-11(14-10)13-7-8-1-3-18-4-2-8/h5-6,8H,1-4,7H2,(H3,12,13,14). The minimum atomic E-state index is -0.475. The quantitative estimate of drug-likeness (QED) is 0.620. The maximum atomic E-state index is 10.7. The van der Waals surface area contributed by atoms with Crippen LogP contribution in [0.15, 0.2) is 12.1 Å². The normalized spacial score (nSPS) is 16.4. The lowest BCUT2D eigenvalue weighted by atomic mass is 10.0. The van der Waals surface area contributed by atoms with E-state index >= 15 is 0 Å². The van der Waals surface area contributed by atoms with E-state index in [0.717, 1.165) is 32.6 Å². The minimum absolute atomic E-state index is 0.0445. The Bertz CT molecular complexity index is 432. The van der Waals surface area contributed by atoms with Gasteiger partial charge in [0.05, 0.1) is 17.1 Å². The number of nitrogens with one attached hydrogen (secondary N) is 1. The lowest BCUT2D eigenvalue weighted by molar-refractivity contribution is -0.384. The molecular weight excluding hydrogens is 236 g/mol. The molecule has 1 aromatic rings. The van der Waals surface area contributed by atoms with Crippen LogP contribution in [0.1, 0.15) is 12.8 Å². The Morgan fingerprint density at radius 1 is 1.50 bits per heavy atom. The van der Waals surface area contributed by atoms with Gasteiger partial charge in [-0.3, -0.25) is 10.1 Å². The second kappa shape index (κ2) is 5.63. The maximum absolute atomic E-state index is 10.7.